The Bertz CT molecular complexity index is 904. The summed E-state index contributed by atoms with van der Waals surface area (Å²) in [7, 11) is 1.69. The monoisotopic (exact) mass is 327 g/mol. The fraction of sp³-hybridized carbons (Fsp3) is 0.353. The molecule has 1 aromatic carbocycles. The molecule has 2 aromatic rings. The zero-order valence-corrected chi connectivity index (χ0v) is 13.3. The fourth-order valence-corrected chi connectivity index (χ4v) is 3.43. The Labute approximate surface area is 138 Å². The van der Waals surface area contributed by atoms with E-state index in [4.69, 9.17) is 4.74 Å². The zero-order valence-electron chi connectivity index (χ0n) is 13.3. The molecule has 2 fully saturated rings. The van der Waals surface area contributed by atoms with E-state index in [2.05, 4.69) is 0 Å². The lowest BCUT2D eigenvalue weighted by Gasteiger charge is -2.35. The molecule has 7 heteroatoms. The van der Waals surface area contributed by atoms with Crippen molar-refractivity contribution in [2.45, 2.75) is 6.04 Å². The number of pyridine rings is 1. The first-order chi connectivity index (χ1) is 11.6. The van der Waals surface area contributed by atoms with Crippen LogP contribution in [-0.4, -0.2) is 58.7 Å². The topological polar surface area (TPSA) is 71.9 Å². The van der Waals surface area contributed by atoms with Crippen LogP contribution in [0.15, 0.2) is 35.1 Å². The van der Waals surface area contributed by atoms with Crippen LogP contribution < -0.4 is 5.56 Å². The van der Waals surface area contributed by atoms with E-state index >= 15 is 0 Å². The van der Waals surface area contributed by atoms with E-state index in [-0.39, 0.29) is 23.6 Å². The van der Waals surface area contributed by atoms with Gasteiger partial charge >= 0.3 is 6.09 Å². The zero-order chi connectivity index (χ0) is 16.8. The second kappa shape index (κ2) is 5.36. The standard InChI is InChI=1S/C17H17N3O4/c1-18-14-5-3-2-4-12(14)13(8-15(18)21)16(22)19-6-7-20-11(9-19)10-24-17(20)23/h2-5,8,11H,6-7,9-10H2,1H3. The van der Waals surface area contributed by atoms with E-state index in [0.29, 0.717) is 31.8 Å². The van der Waals surface area contributed by atoms with Gasteiger partial charge in [-0.15, -0.1) is 0 Å². The van der Waals surface area contributed by atoms with Crippen molar-refractivity contribution in [3.8, 4) is 0 Å². The normalized spacial score (nSPS) is 20.2. The van der Waals surface area contributed by atoms with Crippen LogP contribution >= 0.6 is 0 Å². The molecular formula is C17H17N3O4. The number of piperazine rings is 1. The largest absolute Gasteiger partial charge is 0.447 e. The highest BCUT2D eigenvalue weighted by atomic mass is 16.6. The lowest BCUT2D eigenvalue weighted by Crippen LogP contribution is -2.53. The lowest BCUT2D eigenvalue weighted by molar-refractivity contribution is 0.0618. The average Bonchev–Trinajstić information content (AvgIpc) is 2.98. The molecule has 2 amide bonds. The van der Waals surface area contributed by atoms with Crippen LogP contribution in [0, 0.1) is 0 Å². The van der Waals surface area contributed by atoms with Crippen LogP contribution in [0.5, 0.6) is 0 Å². The molecular weight excluding hydrogens is 310 g/mol. The highest BCUT2D eigenvalue weighted by molar-refractivity contribution is 6.06. The van der Waals surface area contributed by atoms with Gasteiger partial charge in [-0.3, -0.25) is 14.5 Å². The molecule has 0 bridgehead atoms. The second-order valence-corrected chi connectivity index (χ2v) is 6.15. The van der Waals surface area contributed by atoms with Crippen molar-refractivity contribution in [3.63, 3.8) is 0 Å². The summed E-state index contributed by atoms with van der Waals surface area (Å²) < 4.78 is 6.57. The van der Waals surface area contributed by atoms with Gasteiger partial charge in [0.25, 0.3) is 11.5 Å². The molecule has 3 heterocycles. The number of benzene rings is 1. The van der Waals surface area contributed by atoms with Crippen LogP contribution in [0.1, 0.15) is 10.4 Å². The van der Waals surface area contributed by atoms with Crippen molar-refractivity contribution >= 4 is 22.9 Å². The minimum atomic E-state index is -0.314. The van der Waals surface area contributed by atoms with Crippen LogP contribution in [-0.2, 0) is 11.8 Å². The van der Waals surface area contributed by atoms with Gasteiger partial charge in [-0.2, -0.15) is 0 Å². The maximum Gasteiger partial charge on any atom is 0.410 e. The number of para-hydroxylation sites is 1. The number of carbonyl (C=O) groups is 2. The smallest absolute Gasteiger partial charge is 0.410 e. The second-order valence-electron chi connectivity index (χ2n) is 6.15. The summed E-state index contributed by atoms with van der Waals surface area (Å²) >= 11 is 0. The molecule has 7 nitrogen and oxygen atoms in total. The van der Waals surface area contributed by atoms with Gasteiger partial charge in [0.1, 0.15) is 6.61 Å². The van der Waals surface area contributed by atoms with Crippen molar-refractivity contribution in [2.75, 3.05) is 26.2 Å². The van der Waals surface area contributed by atoms with Crippen molar-refractivity contribution in [1.29, 1.82) is 0 Å². The molecule has 0 aliphatic carbocycles. The first-order valence-electron chi connectivity index (χ1n) is 7.87. The number of ether oxygens (including phenoxy) is 1. The van der Waals surface area contributed by atoms with Gasteiger partial charge in [0.05, 0.1) is 17.1 Å². The minimum Gasteiger partial charge on any atom is -0.447 e. The number of aromatic nitrogens is 1. The summed E-state index contributed by atoms with van der Waals surface area (Å²) in [5, 5.41) is 0.755. The summed E-state index contributed by atoms with van der Waals surface area (Å²) in [6, 6.07) is 8.66. The molecule has 2 aliphatic rings. The number of rotatable bonds is 1. The van der Waals surface area contributed by atoms with Gasteiger partial charge < -0.3 is 14.2 Å². The Kier molecular flexibility index (Phi) is 3.30. The van der Waals surface area contributed by atoms with Crippen molar-refractivity contribution in [1.82, 2.24) is 14.4 Å². The Hall–Kier alpha value is -2.83. The highest BCUT2D eigenvalue weighted by Crippen LogP contribution is 2.22. The molecule has 0 saturated carbocycles. The third-order valence-corrected chi connectivity index (χ3v) is 4.79. The Morgan fingerprint density at radius 1 is 1.21 bits per heavy atom. The van der Waals surface area contributed by atoms with Crippen LogP contribution in [0.4, 0.5) is 4.79 Å². The van der Waals surface area contributed by atoms with Gasteiger partial charge in [0, 0.05) is 38.1 Å². The summed E-state index contributed by atoms with van der Waals surface area (Å²) in [6.07, 6.45) is -0.314. The average molecular weight is 327 g/mol. The summed E-state index contributed by atoms with van der Waals surface area (Å²) in [6.45, 7) is 1.63. The molecule has 2 aliphatic heterocycles. The van der Waals surface area contributed by atoms with Crippen LogP contribution in [0.25, 0.3) is 10.9 Å². The number of nitrogens with zero attached hydrogens (tertiary/aromatic N) is 3. The maximum absolute atomic E-state index is 13.0. The maximum atomic E-state index is 13.0. The number of cyclic esters (lactones) is 1. The lowest BCUT2D eigenvalue weighted by atomic mass is 10.1. The molecule has 2 saturated heterocycles. The third kappa shape index (κ3) is 2.16. The van der Waals surface area contributed by atoms with Gasteiger partial charge in [0.2, 0.25) is 0 Å². The SMILES string of the molecule is Cn1c(=O)cc(C(=O)N2CCN3C(=O)OCC3C2)c2ccccc21. The molecule has 1 unspecified atom stereocenters. The number of hydrogen-bond acceptors (Lipinski definition) is 4. The fourth-order valence-electron chi connectivity index (χ4n) is 3.43. The minimum absolute atomic E-state index is 0.104. The first-order valence-corrected chi connectivity index (χ1v) is 7.87. The molecule has 1 atom stereocenters. The van der Waals surface area contributed by atoms with Crippen molar-refractivity contribution in [2.24, 2.45) is 7.05 Å². The predicted octanol–water partition coefficient (Wildman–Crippen LogP) is 0.815. The summed E-state index contributed by atoms with van der Waals surface area (Å²) in [4.78, 5) is 40.1. The molecule has 0 spiro atoms. The van der Waals surface area contributed by atoms with E-state index < -0.39 is 0 Å². The Morgan fingerprint density at radius 3 is 2.83 bits per heavy atom. The van der Waals surface area contributed by atoms with Crippen molar-refractivity contribution in [3.05, 3.63) is 46.2 Å². The predicted molar refractivity (Wildman–Crippen MR) is 86.9 cm³/mol. The number of fused-ring (bicyclic) bond motifs is 2. The summed E-state index contributed by atoms with van der Waals surface area (Å²) in [5.41, 5.74) is 0.925. The highest BCUT2D eigenvalue weighted by Gasteiger charge is 2.39. The van der Waals surface area contributed by atoms with Gasteiger partial charge in [-0.1, -0.05) is 18.2 Å². The van der Waals surface area contributed by atoms with Crippen LogP contribution in [0.2, 0.25) is 0 Å². The molecule has 124 valence electrons. The summed E-state index contributed by atoms with van der Waals surface area (Å²) in [5.74, 6) is -0.178. The molecule has 1 aromatic heterocycles. The number of hydrogen-bond donors (Lipinski definition) is 0. The van der Waals surface area contributed by atoms with E-state index in [1.807, 2.05) is 24.3 Å². The van der Waals surface area contributed by atoms with Crippen molar-refractivity contribution < 1.29 is 14.3 Å². The van der Waals surface area contributed by atoms with E-state index in [1.165, 1.54) is 10.6 Å². The van der Waals surface area contributed by atoms with E-state index in [1.54, 1.807) is 16.8 Å². The number of amides is 2. The quantitative estimate of drug-likeness (QED) is 0.777. The van der Waals surface area contributed by atoms with Gasteiger partial charge in [0.15, 0.2) is 0 Å². The molecule has 24 heavy (non-hydrogen) atoms. The molecule has 0 radical (unpaired) electrons. The first kappa shape index (κ1) is 14.7. The van der Waals surface area contributed by atoms with E-state index in [0.717, 1.165) is 10.9 Å². The number of carbonyl (C=O) groups excluding carboxylic acids is 2. The Balaban J connectivity index is 1.71. The van der Waals surface area contributed by atoms with E-state index in [9.17, 15) is 14.4 Å². The third-order valence-electron chi connectivity index (χ3n) is 4.79. The molecule has 0 N–H and O–H groups in total. The molecule has 4 rings (SSSR count). The number of aryl methyl sites for hydroxylation is 1. The van der Waals surface area contributed by atoms with Gasteiger partial charge in [-0.05, 0) is 6.07 Å². The van der Waals surface area contributed by atoms with Crippen LogP contribution in [0.3, 0.4) is 0 Å². The van der Waals surface area contributed by atoms with Gasteiger partial charge in [-0.25, -0.2) is 4.79 Å². The Morgan fingerprint density at radius 2 is 2.00 bits per heavy atom.